The van der Waals surface area contributed by atoms with Crippen molar-refractivity contribution in [1.29, 1.82) is 0 Å². The highest BCUT2D eigenvalue weighted by Gasteiger charge is 2.15. The molecule has 0 aliphatic rings. The van der Waals surface area contributed by atoms with Crippen molar-refractivity contribution >= 4 is 33.3 Å². The second-order valence-electron chi connectivity index (χ2n) is 5.87. The summed E-state index contributed by atoms with van der Waals surface area (Å²) in [7, 11) is -3.76. The van der Waals surface area contributed by atoms with Gasteiger partial charge < -0.3 is 15.2 Å². The number of benzene rings is 2. The molecule has 2 N–H and O–H groups in total. The lowest BCUT2D eigenvalue weighted by molar-refractivity contribution is -0.305. The Labute approximate surface area is 152 Å². The maximum Gasteiger partial charge on any atom is 0.261 e. The zero-order chi connectivity index (χ0) is 19.3. The molecule has 8 heteroatoms. The van der Waals surface area contributed by atoms with E-state index in [4.69, 9.17) is 0 Å². The fourth-order valence-corrected chi connectivity index (χ4v) is 3.42. The molecule has 0 heterocycles. The predicted octanol–water partition coefficient (Wildman–Crippen LogP) is 1.57. The van der Waals surface area contributed by atoms with Gasteiger partial charge in [0.2, 0.25) is 5.91 Å². The summed E-state index contributed by atoms with van der Waals surface area (Å²) in [5.41, 5.74) is 2.71. The van der Waals surface area contributed by atoms with Crippen LogP contribution in [-0.2, 0) is 19.6 Å². The number of sulfonamides is 1. The lowest BCUT2D eigenvalue weighted by Crippen LogP contribution is -2.24. The van der Waals surface area contributed by atoms with E-state index < -0.39 is 21.9 Å². The molecule has 0 aliphatic carbocycles. The van der Waals surface area contributed by atoms with Crippen LogP contribution in [0.25, 0.3) is 0 Å². The lowest BCUT2D eigenvalue weighted by atomic mass is 10.1. The van der Waals surface area contributed by atoms with Gasteiger partial charge >= 0.3 is 0 Å². The summed E-state index contributed by atoms with van der Waals surface area (Å²) in [4.78, 5) is 22.0. The van der Waals surface area contributed by atoms with E-state index in [0.29, 0.717) is 11.4 Å². The second kappa shape index (κ2) is 8.01. The Kier molecular flexibility index (Phi) is 5.99. The van der Waals surface area contributed by atoms with Crippen LogP contribution in [-0.4, -0.2) is 20.3 Å². The number of amides is 1. The number of hydrogen-bond donors (Lipinski definition) is 2. The number of nitrogens with one attached hydrogen (secondary N) is 2. The fraction of sp³-hybridized carbons (Fsp3) is 0.222. The Bertz CT molecular complexity index is 921. The van der Waals surface area contributed by atoms with Gasteiger partial charge in [0, 0.05) is 18.1 Å². The highest BCUT2D eigenvalue weighted by atomic mass is 32.2. The summed E-state index contributed by atoms with van der Waals surface area (Å²) in [5.74, 6) is -1.79. The maximum atomic E-state index is 12.5. The topological polar surface area (TPSA) is 115 Å². The number of carbonyl (C=O) groups is 2. The number of anilines is 2. The summed E-state index contributed by atoms with van der Waals surface area (Å²) < 4.78 is 27.5. The smallest absolute Gasteiger partial charge is 0.261 e. The van der Waals surface area contributed by atoms with Crippen LogP contribution in [0.4, 0.5) is 11.4 Å². The van der Waals surface area contributed by atoms with Gasteiger partial charge in [-0.05, 0) is 56.2 Å². The van der Waals surface area contributed by atoms with Crippen molar-refractivity contribution in [3.63, 3.8) is 0 Å². The zero-order valence-electron chi connectivity index (χ0n) is 14.4. The van der Waals surface area contributed by atoms with Gasteiger partial charge in [0.25, 0.3) is 10.0 Å². The minimum absolute atomic E-state index is 0.0465. The van der Waals surface area contributed by atoms with Gasteiger partial charge in [0.05, 0.1) is 10.6 Å². The van der Waals surface area contributed by atoms with Gasteiger partial charge in [-0.15, -0.1) is 0 Å². The summed E-state index contributed by atoms with van der Waals surface area (Å²) in [6.07, 6.45) is -0.589. The summed E-state index contributed by atoms with van der Waals surface area (Å²) in [6.45, 7) is 3.74. The largest absolute Gasteiger partial charge is 0.550 e. The van der Waals surface area contributed by atoms with Crippen LogP contribution < -0.4 is 15.1 Å². The van der Waals surface area contributed by atoms with Gasteiger partial charge in [-0.1, -0.05) is 17.7 Å². The van der Waals surface area contributed by atoms with E-state index in [1.807, 2.05) is 26.0 Å². The molecule has 0 bridgehead atoms. The van der Waals surface area contributed by atoms with Crippen LogP contribution in [0.2, 0.25) is 0 Å². The number of carboxylic acid groups (broad SMARTS) is 1. The van der Waals surface area contributed by atoms with Crippen molar-refractivity contribution in [2.45, 2.75) is 31.6 Å². The standard InChI is InChI=1S/C18H20N2O5S/c1-12-3-8-16(13(2)11-12)20-26(24,25)15-6-4-14(5-7-15)19-17(21)9-10-18(22)23/h3-8,11,20H,9-10H2,1-2H3,(H,19,21)(H,22,23)/p-1. The van der Waals surface area contributed by atoms with E-state index in [-0.39, 0.29) is 17.7 Å². The average molecular weight is 375 g/mol. The Morgan fingerprint density at radius 1 is 1.00 bits per heavy atom. The van der Waals surface area contributed by atoms with Crippen LogP contribution in [0.5, 0.6) is 0 Å². The molecule has 0 radical (unpaired) electrons. The molecule has 0 aliphatic heterocycles. The Morgan fingerprint density at radius 3 is 2.23 bits per heavy atom. The maximum absolute atomic E-state index is 12.5. The first-order valence-electron chi connectivity index (χ1n) is 7.87. The Balaban J connectivity index is 2.08. The number of hydrogen-bond acceptors (Lipinski definition) is 5. The molecule has 1 amide bonds. The molecule has 0 spiro atoms. The minimum atomic E-state index is -3.76. The van der Waals surface area contributed by atoms with Crippen molar-refractivity contribution in [2.24, 2.45) is 0 Å². The SMILES string of the molecule is Cc1ccc(NS(=O)(=O)c2ccc(NC(=O)CCC(=O)[O-])cc2)c(C)c1. The molecule has 26 heavy (non-hydrogen) atoms. The minimum Gasteiger partial charge on any atom is -0.550 e. The molecule has 0 unspecified atom stereocenters. The highest BCUT2D eigenvalue weighted by Crippen LogP contribution is 2.21. The van der Waals surface area contributed by atoms with Crippen molar-refractivity contribution in [3.8, 4) is 0 Å². The van der Waals surface area contributed by atoms with Gasteiger partial charge in [0.15, 0.2) is 0 Å². The van der Waals surface area contributed by atoms with Gasteiger partial charge in [-0.25, -0.2) is 8.42 Å². The number of rotatable bonds is 7. The average Bonchev–Trinajstić information content (AvgIpc) is 2.56. The second-order valence-corrected chi connectivity index (χ2v) is 7.55. The Hall–Kier alpha value is -2.87. The number of carboxylic acids is 1. The summed E-state index contributed by atoms with van der Waals surface area (Å²) >= 11 is 0. The molecular formula is C18H19N2O5S-. The third-order valence-corrected chi connectivity index (χ3v) is 5.01. The third-order valence-electron chi connectivity index (χ3n) is 3.63. The first-order chi connectivity index (χ1) is 12.2. The monoisotopic (exact) mass is 375 g/mol. The summed E-state index contributed by atoms with van der Waals surface area (Å²) in [6, 6.07) is 11.0. The van der Waals surface area contributed by atoms with Crippen LogP contribution in [0.1, 0.15) is 24.0 Å². The molecule has 2 aromatic carbocycles. The van der Waals surface area contributed by atoms with Gasteiger partial charge in [-0.3, -0.25) is 9.52 Å². The highest BCUT2D eigenvalue weighted by molar-refractivity contribution is 7.92. The molecule has 2 rings (SSSR count). The van der Waals surface area contributed by atoms with Crippen LogP contribution in [0, 0.1) is 13.8 Å². The van der Waals surface area contributed by atoms with Crippen molar-refractivity contribution < 1.29 is 23.1 Å². The molecule has 0 atom stereocenters. The third kappa shape index (κ3) is 5.32. The first-order valence-corrected chi connectivity index (χ1v) is 9.35. The molecule has 0 aromatic heterocycles. The van der Waals surface area contributed by atoms with E-state index in [1.54, 1.807) is 6.07 Å². The normalized spacial score (nSPS) is 11.0. The summed E-state index contributed by atoms with van der Waals surface area (Å²) in [5, 5.41) is 12.8. The fourth-order valence-electron chi connectivity index (χ4n) is 2.29. The lowest BCUT2D eigenvalue weighted by Gasteiger charge is -2.12. The number of aryl methyl sites for hydroxylation is 2. The van der Waals surface area contributed by atoms with E-state index in [0.717, 1.165) is 11.1 Å². The molecule has 0 fully saturated rings. The van der Waals surface area contributed by atoms with Crippen molar-refractivity contribution in [2.75, 3.05) is 10.0 Å². The molecule has 2 aromatic rings. The number of carbonyl (C=O) groups excluding carboxylic acids is 2. The van der Waals surface area contributed by atoms with E-state index in [1.165, 1.54) is 24.3 Å². The van der Waals surface area contributed by atoms with Crippen LogP contribution >= 0.6 is 0 Å². The van der Waals surface area contributed by atoms with Gasteiger partial charge in [0.1, 0.15) is 0 Å². The molecule has 0 saturated heterocycles. The van der Waals surface area contributed by atoms with Crippen molar-refractivity contribution in [1.82, 2.24) is 0 Å². The molecule has 138 valence electrons. The van der Waals surface area contributed by atoms with E-state index in [9.17, 15) is 23.1 Å². The van der Waals surface area contributed by atoms with E-state index in [2.05, 4.69) is 10.0 Å². The van der Waals surface area contributed by atoms with Gasteiger partial charge in [-0.2, -0.15) is 0 Å². The quantitative estimate of drug-likeness (QED) is 0.762. The van der Waals surface area contributed by atoms with Crippen LogP contribution in [0.15, 0.2) is 47.4 Å². The predicted molar refractivity (Wildman–Crippen MR) is 96.0 cm³/mol. The number of aliphatic carboxylic acids is 1. The first kappa shape index (κ1) is 19.5. The van der Waals surface area contributed by atoms with Crippen LogP contribution in [0.3, 0.4) is 0 Å². The zero-order valence-corrected chi connectivity index (χ0v) is 15.2. The molecule has 0 saturated carbocycles. The van der Waals surface area contributed by atoms with E-state index >= 15 is 0 Å². The molecule has 7 nitrogen and oxygen atoms in total. The Morgan fingerprint density at radius 2 is 1.65 bits per heavy atom. The molecular weight excluding hydrogens is 356 g/mol. The van der Waals surface area contributed by atoms with Crippen molar-refractivity contribution in [3.05, 3.63) is 53.6 Å².